The van der Waals surface area contributed by atoms with Gasteiger partial charge in [-0.1, -0.05) is 6.08 Å². The van der Waals surface area contributed by atoms with Crippen molar-refractivity contribution < 1.29 is 4.79 Å². The second kappa shape index (κ2) is 6.41. The number of hydrogen-bond donors (Lipinski definition) is 0. The van der Waals surface area contributed by atoms with Crippen molar-refractivity contribution in [3.05, 3.63) is 34.4 Å². The number of anilines is 1. The third kappa shape index (κ3) is 3.16. The minimum atomic E-state index is 0.107. The number of amides is 1. The number of piperazine rings is 1. The van der Waals surface area contributed by atoms with E-state index in [1.807, 2.05) is 11.8 Å². The summed E-state index contributed by atoms with van der Waals surface area (Å²) in [5.74, 6) is 0.107. The molecule has 0 spiro atoms. The highest BCUT2D eigenvalue weighted by molar-refractivity contribution is 7.14. The summed E-state index contributed by atoms with van der Waals surface area (Å²) in [5.41, 5.74) is 2.23. The third-order valence-electron chi connectivity index (χ3n) is 3.48. The molecule has 0 N–H and O–H groups in total. The van der Waals surface area contributed by atoms with E-state index < -0.39 is 0 Å². The molecule has 0 atom stereocenters. The van der Waals surface area contributed by atoms with Gasteiger partial charge >= 0.3 is 0 Å². The molecule has 3 heterocycles. The van der Waals surface area contributed by atoms with Gasteiger partial charge in [0.05, 0.1) is 5.69 Å². The van der Waals surface area contributed by atoms with Crippen LogP contribution >= 0.6 is 22.7 Å². The Hall–Kier alpha value is -1.66. The molecule has 1 fully saturated rings. The van der Waals surface area contributed by atoms with Gasteiger partial charge in [0.15, 0.2) is 5.13 Å². The normalized spacial score (nSPS) is 15.9. The monoisotopic (exact) mass is 319 g/mol. The molecule has 0 bridgehead atoms. The lowest BCUT2D eigenvalue weighted by molar-refractivity contribution is -0.126. The number of allylic oxidation sites excluding steroid dienone is 1. The van der Waals surface area contributed by atoms with Crippen molar-refractivity contribution in [2.45, 2.75) is 6.92 Å². The van der Waals surface area contributed by atoms with Gasteiger partial charge in [-0.25, -0.2) is 4.98 Å². The zero-order chi connectivity index (χ0) is 14.7. The summed E-state index contributed by atoms with van der Waals surface area (Å²) in [6.07, 6.45) is 3.43. The van der Waals surface area contributed by atoms with Crippen molar-refractivity contribution >= 4 is 33.7 Å². The lowest BCUT2D eigenvalue weighted by atomic mass is 10.3. The molecule has 110 valence electrons. The molecule has 4 nitrogen and oxygen atoms in total. The maximum absolute atomic E-state index is 11.8. The Morgan fingerprint density at radius 2 is 2.10 bits per heavy atom. The van der Waals surface area contributed by atoms with Crippen LogP contribution in [0.3, 0.4) is 0 Å². The molecule has 1 saturated heterocycles. The summed E-state index contributed by atoms with van der Waals surface area (Å²) in [7, 11) is 0. The Kier molecular flexibility index (Phi) is 4.36. The Morgan fingerprint density at radius 1 is 1.29 bits per heavy atom. The third-order valence-corrected chi connectivity index (χ3v) is 5.06. The second-order valence-corrected chi connectivity index (χ2v) is 6.46. The van der Waals surface area contributed by atoms with Crippen molar-refractivity contribution in [2.75, 3.05) is 31.1 Å². The van der Waals surface area contributed by atoms with Crippen LogP contribution in [0.15, 0.2) is 34.4 Å². The zero-order valence-corrected chi connectivity index (χ0v) is 13.5. The van der Waals surface area contributed by atoms with Gasteiger partial charge in [-0.2, -0.15) is 11.3 Å². The van der Waals surface area contributed by atoms with E-state index >= 15 is 0 Å². The minimum Gasteiger partial charge on any atom is -0.345 e. The Balaban J connectivity index is 1.64. The number of hydrogen-bond acceptors (Lipinski definition) is 5. The highest BCUT2D eigenvalue weighted by Gasteiger charge is 2.21. The van der Waals surface area contributed by atoms with Gasteiger partial charge in [-0.15, -0.1) is 11.3 Å². The van der Waals surface area contributed by atoms with Gasteiger partial charge in [0.25, 0.3) is 0 Å². The molecule has 0 unspecified atom stereocenters. The first-order valence-corrected chi connectivity index (χ1v) is 8.75. The van der Waals surface area contributed by atoms with Gasteiger partial charge in [0.1, 0.15) is 0 Å². The molecule has 3 rings (SSSR count). The highest BCUT2D eigenvalue weighted by atomic mass is 32.1. The molecule has 2 aromatic heterocycles. The number of rotatable bonds is 3. The summed E-state index contributed by atoms with van der Waals surface area (Å²) in [6.45, 7) is 5.09. The van der Waals surface area contributed by atoms with E-state index in [0.717, 1.165) is 37.0 Å². The van der Waals surface area contributed by atoms with Gasteiger partial charge in [-0.05, 0) is 24.4 Å². The topological polar surface area (TPSA) is 36.4 Å². The van der Waals surface area contributed by atoms with Crippen molar-refractivity contribution in [2.24, 2.45) is 0 Å². The summed E-state index contributed by atoms with van der Waals surface area (Å²) in [4.78, 5) is 20.7. The zero-order valence-electron chi connectivity index (χ0n) is 11.9. The van der Waals surface area contributed by atoms with Crippen LogP contribution < -0.4 is 4.90 Å². The number of carbonyl (C=O) groups is 1. The van der Waals surface area contributed by atoms with Crippen LogP contribution in [-0.2, 0) is 4.79 Å². The lowest BCUT2D eigenvalue weighted by Gasteiger charge is -2.34. The molecule has 1 amide bonds. The molecule has 0 radical (unpaired) electrons. The maximum atomic E-state index is 11.8. The molecule has 2 aromatic rings. The average molecular weight is 319 g/mol. The first kappa shape index (κ1) is 14.3. The van der Waals surface area contributed by atoms with Crippen molar-refractivity contribution in [1.82, 2.24) is 9.88 Å². The molecular weight excluding hydrogens is 302 g/mol. The van der Waals surface area contributed by atoms with Crippen LogP contribution in [0.4, 0.5) is 5.13 Å². The first-order chi connectivity index (χ1) is 10.3. The summed E-state index contributed by atoms with van der Waals surface area (Å²) in [6, 6.07) is 2.09. The number of carbonyl (C=O) groups excluding carboxylic acids is 1. The van der Waals surface area contributed by atoms with E-state index in [0.29, 0.717) is 0 Å². The molecule has 6 heteroatoms. The number of aromatic nitrogens is 1. The second-order valence-electron chi connectivity index (χ2n) is 4.84. The number of thiophene rings is 1. The number of thiazole rings is 1. The lowest BCUT2D eigenvalue weighted by Crippen LogP contribution is -2.48. The molecule has 0 saturated carbocycles. The first-order valence-electron chi connectivity index (χ1n) is 6.92. The quantitative estimate of drug-likeness (QED) is 0.816. The van der Waals surface area contributed by atoms with Crippen LogP contribution in [0.25, 0.3) is 11.3 Å². The maximum Gasteiger partial charge on any atom is 0.246 e. The van der Waals surface area contributed by atoms with Crippen molar-refractivity contribution in [3.63, 3.8) is 0 Å². The van der Waals surface area contributed by atoms with E-state index in [4.69, 9.17) is 4.98 Å². The van der Waals surface area contributed by atoms with E-state index in [2.05, 4.69) is 27.1 Å². The predicted molar refractivity (Wildman–Crippen MR) is 89.0 cm³/mol. The van der Waals surface area contributed by atoms with Gasteiger partial charge in [0, 0.05) is 42.5 Å². The van der Waals surface area contributed by atoms with Gasteiger partial charge < -0.3 is 9.80 Å². The molecule has 1 aliphatic heterocycles. The summed E-state index contributed by atoms with van der Waals surface area (Å²) >= 11 is 3.36. The molecule has 1 aliphatic rings. The Labute approximate surface area is 132 Å². The molecule has 21 heavy (non-hydrogen) atoms. The Bertz CT molecular complexity index is 625. The van der Waals surface area contributed by atoms with E-state index in [1.165, 1.54) is 5.56 Å². The Morgan fingerprint density at radius 3 is 2.76 bits per heavy atom. The fourth-order valence-corrected chi connectivity index (χ4v) is 3.86. The standard InChI is InChI=1S/C15H17N3OS2/c1-2-3-14(19)17-5-7-18(8-6-17)15-16-13(11-21-15)12-4-9-20-10-12/h2-4,9-11H,5-8H2,1H3/b3-2+. The van der Waals surface area contributed by atoms with E-state index in [9.17, 15) is 4.79 Å². The smallest absolute Gasteiger partial charge is 0.246 e. The molecule has 0 aliphatic carbocycles. The molecular formula is C15H17N3OS2. The highest BCUT2D eigenvalue weighted by Crippen LogP contribution is 2.29. The number of nitrogens with zero attached hydrogens (tertiary/aromatic N) is 3. The predicted octanol–water partition coefficient (Wildman–Crippen LogP) is 3.10. The molecule has 0 aromatic carbocycles. The van der Waals surface area contributed by atoms with Crippen molar-refractivity contribution in [1.29, 1.82) is 0 Å². The van der Waals surface area contributed by atoms with Crippen LogP contribution in [-0.4, -0.2) is 42.0 Å². The van der Waals surface area contributed by atoms with Gasteiger partial charge in [0.2, 0.25) is 5.91 Å². The SMILES string of the molecule is C/C=C/C(=O)N1CCN(c2nc(-c3ccsc3)cs2)CC1. The minimum absolute atomic E-state index is 0.107. The summed E-state index contributed by atoms with van der Waals surface area (Å²) < 4.78 is 0. The van der Waals surface area contributed by atoms with Crippen LogP contribution in [0.5, 0.6) is 0 Å². The van der Waals surface area contributed by atoms with Crippen molar-refractivity contribution in [3.8, 4) is 11.3 Å². The van der Waals surface area contributed by atoms with Gasteiger partial charge in [-0.3, -0.25) is 4.79 Å². The van der Waals surface area contributed by atoms with Crippen LogP contribution in [0.1, 0.15) is 6.92 Å². The van der Waals surface area contributed by atoms with E-state index in [-0.39, 0.29) is 5.91 Å². The average Bonchev–Trinajstić information content (AvgIpc) is 3.19. The fourth-order valence-electron chi connectivity index (χ4n) is 2.32. The van der Waals surface area contributed by atoms with E-state index in [1.54, 1.807) is 34.8 Å². The largest absolute Gasteiger partial charge is 0.345 e. The van der Waals surface area contributed by atoms with Crippen LogP contribution in [0, 0.1) is 0 Å². The van der Waals surface area contributed by atoms with Crippen LogP contribution in [0.2, 0.25) is 0 Å². The fraction of sp³-hybridized carbons (Fsp3) is 0.333. The summed E-state index contributed by atoms with van der Waals surface area (Å²) in [5, 5.41) is 7.34.